The highest BCUT2D eigenvalue weighted by Gasteiger charge is 2.31. The summed E-state index contributed by atoms with van der Waals surface area (Å²) in [6.45, 7) is 3.80. The van der Waals surface area contributed by atoms with Crippen molar-refractivity contribution in [2.45, 2.75) is 26.1 Å². The fraction of sp³-hybridized carbons (Fsp3) is 0.222. The number of hydrogen-bond acceptors (Lipinski definition) is 6. The molecule has 0 radical (unpaired) electrons. The number of alkyl halides is 3. The Morgan fingerprint density at radius 3 is 2.30 bits per heavy atom. The first kappa shape index (κ1) is 18.6. The van der Waals surface area contributed by atoms with Crippen molar-refractivity contribution in [2.75, 3.05) is 10.6 Å². The highest BCUT2D eigenvalue weighted by molar-refractivity contribution is 5.59. The summed E-state index contributed by atoms with van der Waals surface area (Å²) in [5.41, 5.74) is -0.0684. The Bertz CT molecular complexity index is 912. The normalized spacial score (nSPS) is 11.5. The van der Waals surface area contributed by atoms with Crippen LogP contribution < -0.4 is 10.6 Å². The van der Waals surface area contributed by atoms with Crippen molar-refractivity contribution in [1.29, 1.82) is 0 Å². The summed E-state index contributed by atoms with van der Waals surface area (Å²) in [7, 11) is 0. The van der Waals surface area contributed by atoms with Crippen molar-refractivity contribution in [3.8, 4) is 11.5 Å². The number of benzene rings is 1. The van der Waals surface area contributed by atoms with Gasteiger partial charge in [0.2, 0.25) is 11.9 Å². The van der Waals surface area contributed by atoms with Gasteiger partial charge in [-0.15, -0.1) is 0 Å². The molecule has 0 unspecified atom stereocenters. The molecule has 27 heavy (non-hydrogen) atoms. The molecule has 0 aliphatic carbocycles. The Morgan fingerprint density at radius 2 is 1.63 bits per heavy atom. The van der Waals surface area contributed by atoms with E-state index in [1.54, 1.807) is 0 Å². The van der Waals surface area contributed by atoms with Crippen LogP contribution >= 0.6 is 0 Å². The number of para-hydroxylation sites is 1. The van der Waals surface area contributed by atoms with E-state index in [1.165, 1.54) is 0 Å². The first-order valence-corrected chi connectivity index (χ1v) is 8.19. The fourth-order valence-corrected chi connectivity index (χ4v) is 2.25. The van der Waals surface area contributed by atoms with Gasteiger partial charge >= 0.3 is 6.18 Å². The van der Waals surface area contributed by atoms with Gasteiger partial charge in [-0.1, -0.05) is 18.2 Å². The number of hydrogen-bond donors (Lipinski definition) is 2. The van der Waals surface area contributed by atoms with Gasteiger partial charge < -0.3 is 10.6 Å². The van der Waals surface area contributed by atoms with Crippen molar-refractivity contribution < 1.29 is 13.2 Å². The van der Waals surface area contributed by atoms with Crippen molar-refractivity contribution in [3.63, 3.8) is 0 Å². The number of nitrogens with one attached hydrogen (secondary N) is 2. The number of halogens is 3. The molecule has 6 nitrogen and oxygen atoms in total. The lowest BCUT2D eigenvalue weighted by atomic mass is 10.2. The average molecular weight is 374 g/mol. The summed E-state index contributed by atoms with van der Waals surface area (Å²) in [5.74, 6) is 0.485. The fourth-order valence-electron chi connectivity index (χ4n) is 2.25. The van der Waals surface area contributed by atoms with Gasteiger partial charge in [-0.3, -0.25) is 4.98 Å². The van der Waals surface area contributed by atoms with E-state index < -0.39 is 11.7 Å². The van der Waals surface area contributed by atoms with Gasteiger partial charge in [0.05, 0.1) is 5.56 Å². The first-order valence-electron chi connectivity index (χ1n) is 8.19. The van der Waals surface area contributed by atoms with Gasteiger partial charge in [-0.2, -0.15) is 28.1 Å². The largest absolute Gasteiger partial charge is 0.416 e. The van der Waals surface area contributed by atoms with E-state index in [0.717, 1.165) is 24.0 Å². The topological polar surface area (TPSA) is 75.6 Å². The van der Waals surface area contributed by atoms with Crippen LogP contribution in [-0.4, -0.2) is 26.0 Å². The quantitative estimate of drug-likeness (QED) is 0.684. The molecule has 0 aliphatic rings. The molecule has 0 saturated carbocycles. The zero-order valence-corrected chi connectivity index (χ0v) is 14.6. The molecule has 2 heterocycles. The van der Waals surface area contributed by atoms with E-state index in [1.807, 2.05) is 44.2 Å². The highest BCUT2D eigenvalue weighted by Crippen LogP contribution is 2.30. The maximum Gasteiger partial charge on any atom is 0.416 e. The minimum absolute atomic E-state index is 0.00939. The number of aromatic nitrogens is 4. The minimum Gasteiger partial charge on any atom is -0.352 e. The molecular formula is C18H17F3N6. The molecule has 0 spiro atoms. The molecule has 9 heteroatoms. The van der Waals surface area contributed by atoms with Gasteiger partial charge in [0.25, 0.3) is 0 Å². The van der Waals surface area contributed by atoms with Crippen LogP contribution in [0.5, 0.6) is 0 Å². The second-order valence-electron chi connectivity index (χ2n) is 6.02. The molecule has 0 amide bonds. The van der Waals surface area contributed by atoms with E-state index >= 15 is 0 Å². The van der Waals surface area contributed by atoms with Crippen LogP contribution in [0.15, 0.2) is 48.7 Å². The summed E-state index contributed by atoms with van der Waals surface area (Å²) >= 11 is 0. The molecule has 0 aliphatic heterocycles. The predicted molar refractivity (Wildman–Crippen MR) is 96.5 cm³/mol. The minimum atomic E-state index is -4.48. The van der Waals surface area contributed by atoms with E-state index in [-0.39, 0.29) is 29.5 Å². The van der Waals surface area contributed by atoms with Gasteiger partial charge in [-0.25, -0.2) is 0 Å². The average Bonchev–Trinajstić information content (AvgIpc) is 2.61. The van der Waals surface area contributed by atoms with Crippen LogP contribution in [0.3, 0.4) is 0 Å². The van der Waals surface area contributed by atoms with Gasteiger partial charge in [0.1, 0.15) is 5.69 Å². The third kappa shape index (κ3) is 4.90. The molecule has 2 aromatic heterocycles. The Morgan fingerprint density at radius 1 is 0.926 bits per heavy atom. The SMILES string of the molecule is CC(C)Nc1nc(Nc2ccccc2)nc(-c2cc(C(F)(F)F)ccn2)n1. The third-order valence-corrected chi connectivity index (χ3v) is 3.40. The van der Waals surface area contributed by atoms with Crippen molar-refractivity contribution in [1.82, 2.24) is 19.9 Å². The van der Waals surface area contributed by atoms with Gasteiger partial charge in [0, 0.05) is 17.9 Å². The molecule has 0 atom stereocenters. The zero-order valence-electron chi connectivity index (χ0n) is 14.6. The Kier molecular flexibility index (Phi) is 5.20. The van der Waals surface area contributed by atoms with E-state index in [2.05, 4.69) is 30.6 Å². The predicted octanol–water partition coefficient (Wildman–Crippen LogP) is 4.52. The highest BCUT2D eigenvalue weighted by atomic mass is 19.4. The van der Waals surface area contributed by atoms with Crippen LogP contribution in [0, 0.1) is 0 Å². The van der Waals surface area contributed by atoms with Gasteiger partial charge in [-0.05, 0) is 38.1 Å². The number of nitrogens with zero attached hydrogens (tertiary/aromatic N) is 4. The van der Waals surface area contributed by atoms with Gasteiger partial charge in [0.15, 0.2) is 5.82 Å². The summed E-state index contributed by atoms with van der Waals surface area (Å²) in [6, 6.07) is 11.0. The molecule has 3 aromatic rings. The van der Waals surface area contributed by atoms with Crippen LogP contribution in [0.1, 0.15) is 19.4 Å². The molecule has 0 bridgehead atoms. The standard InChI is InChI=1S/C18H17F3N6/c1-11(2)23-16-25-15(14-10-12(8-9-22-14)18(19,20)21)26-17(27-16)24-13-6-4-3-5-7-13/h3-11H,1-2H3,(H2,23,24,25,26,27). The first-order chi connectivity index (χ1) is 12.8. The summed E-state index contributed by atoms with van der Waals surface area (Å²) in [6.07, 6.45) is -3.39. The maximum absolute atomic E-state index is 13.0. The monoisotopic (exact) mass is 374 g/mol. The van der Waals surface area contributed by atoms with Crippen molar-refractivity contribution in [3.05, 3.63) is 54.2 Å². The van der Waals surface area contributed by atoms with Crippen molar-refractivity contribution >= 4 is 17.6 Å². The number of anilines is 3. The second kappa shape index (κ2) is 7.56. The lowest BCUT2D eigenvalue weighted by Gasteiger charge is -2.12. The number of pyridine rings is 1. The third-order valence-electron chi connectivity index (χ3n) is 3.40. The van der Waals surface area contributed by atoms with Crippen LogP contribution in [-0.2, 0) is 6.18 Å². The van der Waals surface area contributed by atoms with E-state index in [0.29, 0.717) is 0 Å². The molecule has 0 saturated heterocycles. The second-order valence-corrected chi connectivity index (χ2v) is 6.02. The Balaban J connectivity index is 2.02. The molecule has 140 valence electrons. The van der Waals surface area contributed by atoms with E-state index in [4.69, 9.17) is 0 Å². The van der Waals surface area contributed by atoms with E-state index in [9.17, 15) is 13.2 Å². The zero-order chi connectivity index (χ0) is 19.4. The number of rotatable bonds is 5. The molecule has 3 rings (SSSR count). The smallest absolute Gasteiger partial charge is 0.352 e. The van der Waals surface area contributed by atoms with Crippen LogP contribution in [0.4, 0.5) is 30.8 Å². The van der Waals surface area contributed by atoms with Crippen LogP contribution in [0.25, 0.3) is 11.5 Å². The molecule has 0 fully saturated rings. The molecule has 2 N–H and O–H groups in total. The Labute approximate surface area is 153 Å². The maximum atomic E-state index is 13.0. The summed E-state index contributed by atoms with van der Waals surface area (Å²) in [5, 5.41) is 6.05. The Hall–Kier alpha value is -3.23. The van der Waals surface area contributed by atoms with Crippen LogP contribution in [0.2, 0.25) is 0 Å². The molecule has 1 aromatic carbocycles. The lowest BCUT2D eigenvalue weighted by Crippen LogP contribution is -2.15. The van der Waals surface area contributed by atoms with Crippen molar-refractivity contribution in [2.24, 2.45) is 0 Å². The summed E-state index contributed by atoms with van der Waals surface area (Å²) < 4.78 is 39.0. The summed E-state index contributed by atoms with van der Waals surface area (Å²) in [4.78, 5) is 16.7. The molecular weight excluding hydrogens is 357 g/mol. The lowest BCUT2D eigenvalue weighted by molar-refractivity contribution is -0.137.